The van der Waals surface area contributed by atoms with Crippen molar-refractivity contribution in [2.75, 3.05) is 5.75 Å². The molecule has 2 fully saturated rings. The Kier molecular flexibility index (Phi) is 2.19. The van der Waals surface area contributed by atoms with E-state index < -0.39 is 0 Å². The van der Waals surface area contributed by atoms with Crippen molar-refractivity contribution in [3.63, 3.8) is 0 Å². The summed E-state index contributed by atoms with van der Waals surface area (Å²) in [6.45, 7) is 0. The van der Waals surface area contributed by atoms with Gasteiger partial charge in [-0.2, -0.15) is 0 Å². The summed E-state index contributed by atoms with van der Waals surface area (Å²) in [4.78, 5) is 0. The van der Waals surface area contributed by atoms with Gasteiger partial charge in [0.2, 0.25) is 0 Å². The zero-order chi connectivity index (χ0) is 6.81. The summed E-state index contributed by atoms with van der Waals surface area (Å²) in [6.07, 6.45) is 7.31. The lowest BCUT2D eigenvalue weighted by Gasteiger charge is -2.35. The molecule has 0 aromatic heterocycles. The van der Waals surface area contributed by atoms with Crippen molar-refractivity contribution >= 4 is 11.9 Å². The van der Waals surface area contributed by atoms with E-state index >= 15 is 0 Å². The van der Waals surface area contributed by atoms with E-state index in [-0.39, 0.29) is 0 Å². The summed E-state index contributed by atoms with van der Waals surface area (Å²) in [5, 5.41) is 0. The average molecular weight is 157 g/mol. The quantitative estimate of drug-likeness (QED) is 0.541. The molecule has 0 radical (unpaired) electrons. The smallest absolute Gasteiger partial charge is 0.0200 e. The van der Waals surface area contributed by atoms with Crippen molar-refractivity contribution in [2.45, 2.75) is 38.1 Å². The molecular formula is C8H15NS. The second kappa shape index (κ2) is 3.14. The summed E-state index contributed by atoms with van der Waals surface area (Å²) in [5.41, 5.74) is 0. The third-order valence-electron chi connectivity index (χ3n) is 2.73. The molecule has 1 N–H and O–H groups in total. The molecule has 1 aliphatic heterocycles. The van der Waals surface area contributed by atoms with E-state index in [0.29, 0.717) is 0 Å². The first kappa shape index (κ1) is 6.99. The largest absolute Gasteiger partial charge is 0.261 e. The maximum atomic E-state index is 3.54. The molecule has 2 rings (SSSR count). The van der Waals surface area contributed by atoms with Gasteiger partial charge in [-0.1, -0.05) is 24.8 Å². The van der Waals surface area contributed by atoms with Crippen molar-refractivity contribution < 1.29 is 0 Å². The Labute approximate surface area is 67.1 Å². The van der Waals surface area contributed by atoms with Crippen LogP contribution in [-0.2, 0) is 0 Å². The van der Waals surface area contributed by atoms with Crippen LogP contribution in [0.15, 0.2) is 0 Å². The van der Waals surface area contributed by atoms with Gasteiger partial charge < -0.3 is 0 Å². The van der Waals surface area contributed by atoms with Crippen molar-refractivity contribution in [1.82, 2.24) is 4.72 Å². The third-order valence-corrected chi connectivity index (χ3v) is 3.64. The fourth-order valence-electron chi connectivity index (χ4n) is 2.08. The van der Waals surface area contributed by atoms with Crippen LogP contribution < -0.4 is 4.72 Å². The number of rotatable bonds is 0. The van der Waals surface area contributed by atoms with Gasteiger partial charge >= 0.3 is 0 Å². The number of fused-ring (bicyclic) bond motifs is 1. The average Bonchev–Trinajstić information content (AvgIpc) is 2.05. The molecule has 1 aliphatic carbocycles. The van der Waals surface area contributed by atoms with E-state index in [1.54, 1.807) is 0 Å². The van der Waals surface area contributed by atoms with Gasteiger partial charge in [0.1, 0.15) is 0 Å². The maximum Gasteiger partial charge on any atom is 0.0200 e. The summed E-state index contributed by atoms with van der Waals surface area (Å²) in [5.74, 6) is 2.36. The molecule has 0 spiro atoms. The lowest BCUT2D eigenvalue weighted by molar-refractivity contribution is 0.280. The molecule has 10 heavy (non-hydrogen) atoms. The van der Waals surface area contributed by atoms with E-state index in [1.807, 2.05) is 11.9 Å². The summed E-state index contributed by atoms with van der Waals surface area (Å²) < 4.78 is 3.54. The SMILES string of the molecule is C1CCC2NSCCC2C1. The van der Waals surface area contributed by atoms with Gasteiger partial charge in [-0.05, 0) is 25.2 Å². The van der Waals surface area contributed by atoms with Crippen LogP contribution in [0.25, 0.3) is 0 Å². The Morgan fingerprint density at radius 3 is 2.90 bits per heavy atom. The van der Waals surface area contributed by atoms with Gasteiger partial charge in [-0.25, -0.2) is 0 Å². The fourth-order valence-corrected chi connectivity index (χ4v) is 3.15. The summed E-state index contributed by atoms with van der Waals surface area (Å²) >= 11 is 1.93. The van der Waals surface area contributed by atoms with E-state index in [9.17, 15) is 0 Å². The molecule has 0 aromatic carbocycles. The first-order chi connectivity index (χ1) is 4.97. The van der Waals surface area contributed by atoms with E-state index in [4.69, 9.17) is 0 Å². The van der Waals surface area contributed by atoms with E-state index in [2.05, 4.69) is 4.72 Å². The minimum Gasteiger partial charge on any atom is -0.261 e. The van der Waals surface area contributed by atoms with Crippen LogP contribution in [0.5, 0.6) is 0 Å². The maximum absolute atomic E-state index is 3.54. The molecule has 58 valence electrons. The fraction of sp³-hybridized carbons (Fsp3) is 1.00. The highest BCUT2D eigenvalue weighted by Gasteiger charge is 2.27. The minimum atomic E-state index is 0.868. The standard InChI is InChI=1S/C8H15NS/c1-2-4-8-7(3-1)5-6-10-9-8/h7-9H,1-6H2. The number of hydrogen-bond donors (Lipinski definition) is 1. The van der Waals surface area contributed by atoms with Crippen LogP contribution in [-0.4, -0.2) is 11.8 Å². The van der Waals surface area contributed by atoms with Gasteiger partial charge in [0.25, 0.3) is 0 Å². The molecule has 2 atom stereocenters. The van der Waals surface area contributed by atoms with Crippen LogP contribution in [0.1, 0.15) is 32.1 Å². The molecule has 2 unspecified atom stereocenters. The Bertz CT molecular complexity index is 89.8. The van der Waals surface area contributed by atoms with Gasteiger partial charge in [-0.3, -0.25) is 4.72 Å². The van der Waals surface area contributed by atoms with Crippen LogP contribution in [0.3, 0.4) is 0 Å². The molecular weight excluding hydrogens is 142 g/mol. The molecule has 1 saturated heterocycles. The Balaban J connectivity index is 1.93. The summed E-state index contributed by atoms with van der Waals surface area (Å²) in [7, 11) is 0. The van der Waals surface area contributed by atoms with Crippen LogP contribution in [0.4, 0.5) is 0 Å². The predicted molar refractivity (Wildman–Crippen MR) is 46.0 cm³/mol. The zero-order valence-electron chi connectivity index (χ0n) is 6.31. The number of nitrogens with one attached hydrogen (secondary N) is 1. The number of hydrogen-bond acceptors (Lipinski definition) is 2. The van der Waals surface area contributed by atoms with Crippen LogP contribution in [0.2, 0.25) is 0 Å². The normalized spacial score (nSPS) is 40.8. The lowest BCUT2D eigenvalue weighted by Crippen LogP contribution is -2.38. The van der Waals surface area contributed by atoms with Crippen molar-refractivity contribution in [2.24, 2.45) is 5.92 Å². The molecule has 2 heteroatoms. The van der Waals surface area contributed by atoms with Crippen molar-refractivity contribution in [3.05, 3.63) is 0 Å². The zero-order valence-corrected chi connectivity index (χ0v) is 7.12. The second-order valence-corrected chi connectivity index (χ2v) is 4.34. The summed E-state index contributed by atoms with van der Waals surface area (Å²) in [6, 6.07) is 0.868. The second-order valence-electron chi connectivity index (χ2n) is 3.41. The monoisotopic (exact) mass is 157 g/mol. The van der Waals surface area contributed by atoms with Gasteiger partial charge in [0.15, 0.2) is 0 Å². The van der Waals surface area contributed by atoms with E-state index in [0.717, 1.165) is 12.0 Å². The molecule has 2 aliphatic rings. The first-order valence-corrected chi connectivity index (χ1v) is 5.33. The van der Waals surface area contributed by atoms with Crippen LogP contribution >= 0.6 is 11.9 Å². The molecule has 1 nitrogen and oxygen atoms in total. The molecule has 0 bridgehead atoms. The molecule has 1 heterocycles. The highest BCUT2D eigenvalue weighted by molar-refractivity contribution is 7.97. The molecule has 0 amide bonds. The first-order valence-electron chi connectivity index (χ1n) is 4.34. The van der Waals surface area contributed by atoms with Gasteiger partial charge in [0, 0.05) is 11.8 Å². The highest BCUT2D eigenvalue weighted by atomic mass is 32.2. The van der Waals surface area contributed by atoms with Crippen LogP contribution in [0, 0.1) is 5.92 Å². The lowest BCUT2D eigenvalue weighted by atomic mass is 9.83. The van der Waals surface area contributed by atoms with Crippen molar-refractivity contribution in [3.8, 4) is 0 Å². The van der Waals surface area contributed by atoms with E-state index in [1.165, 1.54) is 37.9 Å². The topological polar surface area (TPSA) is 12.0 Å². The van der Waals surface area contributed by atoms with Crippen molar-refractivity contribution in [1.29, 1.82) is 0 Å². The predicted octanol–water partition coefficient (Wildman–Crippen LogP) is 2.19. The Morgan fingerprint density at radius 2 is 2.00 bits per heavy atom. The third kappa shape index (κ3) is 1.32. The molecule has 1 saturated carbocycles. The Morgan fingerprint density at radius 1 is 1.10 bits per heavy atom. The minimum absolute atomic E-state index is 0.868. The van der Waals surface area contributed by atoms with Gasteiger partial charge in [-0.15, -0.1) is 0 Å². The Hall–Kier alpha value is 0.310. The highest BCUT2D eigenvalue weighted by Crippen LogP contribution is 2.32. The van der Waals surface area contributed by atoms with Gasteiger partial charge in [0.05, 0.1) is 0 Å². The molecule has 0 aromatic rings.